The molecular formula is C26H22FNO4. The highest BCUT2D eigenvalue weighted by molar-refractivity contribution is 6.51. The van der Waals surface area contributed by atoms with E-state index < -0.39 is 23.5 Å². The van der Waals surface area contributed by atoms with Gasteiger partial charge in [0.05, 0.1) is 18.2 Å². The van der Waals surface area contributed by atoms with E-state index in [-0.39, 0.29) is 16.9 Å². The highest BCUT2D eigenvalue weighted by Gasteiger charge is 2.47. The fourth-order valence-corrected chi connectivity index (χ4v) is 3.95. The first kappa shape index (κ1) is 21.3. The Balaban J connectivity index is 1.93. The normalized spacial score (nSPS) is 17.6. The van der Waals surface area contributed by atoms with E-state index in [2.05, 4.69) is 0 Å². The minimum Gasteiger partial charge on any atom is -0.507 e. The number of aliphatic hydroxyl groups is 1. The molecule has 1 amide bonds. The van der Waals surface area contributed by atoms with Gasteiger partial charge in [-0.3, -0.25) is 14.5 Å². The minimum absolute atomic E-state index is 0.125. The number of aryl methyl sites for hydroxylation is 1. The number of hydrogen-bond acceptors (Lipinski definition) is 4. The maximum Gasteiger partial charge on any atom is 0.300 e. The van der Waals surface area contributed by atoms with Crippen LogP contribution in [-0.2, 0) is 9.59 Å². The fraction of sp³-hybridized carbons (Fsp3) is 0.154. The van der Waals surface area contributed by atoms with Crippen LogP contribution in [0.4, 0.5) is 10.1 Å². The first-order chi connectivity index (χ1) is 15.4. The van der Waals surface area contributed by atoms with Gasteiger partial charge in [0.2, 0.25) is 0 Å². The lowest BCUT2D eigenvalue weighted by atomic mass is 9.94. The molecule has 32 heavy (non-hydrogen) atoms. The molecule has 0 bridgehead atoms. The SMILES string of the molecule is CCOc1ccc(/C(O)=C2\C(=O)C(=O)N(c3ccccc3)C2c2ccccc2F)cc1C. The number of rotatable bonds is 5. The number of amides is 1. The lowest BCUT2D eigenvalue weighted by Crippen LogP contribution is -2.29. The van der Waals surface area contributed by atoms with Gasteiger partial charge in [-0.25, -0.2) is 4.39 Å². The van der Waals surface area contributed by atoms with Crippen LogP contribution < -0.4 is 9.64 Å². The summed E-state index contributed by atoms with van der Waals surface area (Å²) in [4.78, 5) is 27.4. The van der Waals surface area contributed by atoms with Crippen molar-refractivity contribution < 1.29 is 23.8 Å². The summed E-state index contributed by atoms with van der Waals surface area (Å²) in [5.41, 5.74) is 1.51. The molecule has 1 fully saturated rings. The van der Waals surface area contributed by atoms with Crippen LogP contribution in [0.1, 0.15) is 29.7 Å². The van der Waals surface area contributed by atoms with Crippen LogP contribution in [-0.4, -0.2) is 23.4 Å². The standard InChI is InChI=1S/C26H22FNO4/c1-3-32-21-14-13-17(15-16(21)2)24(29)22-23(19-11-7-8-12-20(19)27)28(26(31)25(22)30)18-9-5-4-6-10-18/h4-15,23,29H,3H2,1-2H3/b24-22+. The summed E-state index contributed by atoms with van der Waals surface area (Å²) in [5, 5.41) is 11.2. The Morgan fingerprint density at radius 2 is 1.72 bits per heavy atom. The lowest BCUT2D eigenvalue weighted by molar-refractivity contribution is -0.132. The van der Waals surface area contributed by atoms with E-state index in [1.807, 2.05) is 13.8 Å². The molecule has 1 aliphatic heterocycles. The van der Waals surface area contributed by atoms with E-state index in [9.17, 15) is 19.1 Å². The average molecular weight is 431 g/mol. The second-order valence-electron chi connectivity index (χ2n) is 7.44. The molecule has 162 valence electrons. The molecule has 0 aromatic heterocycles. The number of benzene rings is 3. The largest absolute Gasteiger partial charge is 0.507 e. The smallest absolute Gasteiger partial charge is 0.300 e. The van der Waals surface area contributed by atoms with Crippen molar-refractivity contribution in [1.29, 1.82) is 0 Å². The van der Waals surface area contributed by atoms with Crippen molar-refractivity contribution >= 4 is 23.1 Å². The molecule has 0 radical (unpaired) electrons. The summed E-state index contributed by atoms with van der Waals surface area (Å²) in [6.07, 6.45) is 0. The van der Waals surface area contributed by atoms with Crippen molar-refractivity contribution in [2.45, 2.75) is 19.9 Å². The molecule has 4 rings (SSSR count). The van der Waals surface area contributed by atoms with Gasteiger partial charge in [-0.1, -0.05) is 36.4 Å². The Hall–Kier alpha value is -3.93. The van der Waals surface area contributed by atoms with Crippen LogP contribution in [0.3, 0.4) is 0 Å². The zero-order valence-corrected chi connectivity index (χ0v) is 17.7. The number of ketones is 1. The van der Waals surface area contributed by atoms with Crippen LogP contribution in [0, 0.1) is 12.7 Å². The van der Waals surface area contributed by atoms with Crippen molar-refractivity contribution in [2.24, 2.45) is 0 Å². The number of para-hydroxylation sites is 1. The van der Waals surface area contributed by atoms with Crippen LogP contribution in [0.15, 0.2) is 78.4 Å². The number of hydrogen-bond donors (Lipinski definition) is 1. The molecule has 1 unspecified atom stereocenters. The Kier molecular flexibility index (Phi) is 5.77. The molecule has 0 saturated carbocycles. The number of ether oxygens (including phenoxy) is 1. The fourth-order valence-electron chi connectivity index (χ4n) is 3.95. The number of anilines is 1. The zero-order valence-electron chi connectivity index (χ0n) is 17.7. The van der Waals surface area contributed by atoms with Gasteiger partial charge in [0.15, 0.2) is 0 Å². The van der Waals surface area contributed by atoms with Crippen molar-refractivity contribution in [3.05, 3.63) is 101 Å². The predicted octanol–water partition coefficient (Wildman–Crippen LogP) is 5.16. The number of nitrogens with zero attached hydrogens (tertiary/aromatic N) is 1. The maximum absolute atomic E-state index is 14.9. The molecule has 1 N–H and O–H groups in total. The Morgan fingerprint density at radius 3 is 2.38 bits per heavy atom. The third-order valence-electron chi connectivity index (χ3n) is 5.43. The monoisotopic (exact) mass is 431 g/mol. The summed E-state index contributed by atoms with van der Waals surface area (Å²) in [6, 6.07) is 18.4. The number of Topliss-reactive ketones (excluding diaryl/α,β-unsaturated/α-hetero) is 1. The molecule has 5 nitrogen and oxygen atoms in total. The molecule has 0 spiro atoms. The Labute approximate surface area is 185 Å². The molecule has 3 aromatic rings. The van der Waals surface area contributed by atoms with Crippen LogP contribution >= 0.6 is 0 Å². The van der Waals surface area contributed by atoms with Gasteiger partial charge < -0.3 is 9.84 Å². The van der Waals surface area contributed by atoms with Crippen molar-refractivity contribution in [3.63, 3.8) is 0 Å². The van der Waals surface area contributed by atoms with Crippen LogP contribution in [0.5, 0.6) is 5.75 Å². The predicted molar refractivity (Wildman–Crippen MR) is 120 cm³/mol. The molecular weight excluding hydrogens is 409 g/mol. The van der Waals surface area contributed by atoms with Crippen molar-refractivity contribution in [2.75, 3.05) is 11.5 Å². The Bertz CT molecular complexity index is 1220. The number of carbonyl (C=O) groups is 2. The van der Waals surface area contributed by atoms with E-state index in [0.717, 1.165) is 5.56 Å². The van der Waals surface area contributed by atoms with Gasteiger partial charge in [-0.05, 0) is 55.8 Å². The van der Waals surface area contributed by atoms with Gasteiger partial charge in [-0.15, -0.1) is 0 Å². The summed E-state index contributed by atoms with van der Waals surface area (Å²) in [5.74, 6) is -1.98. The van der Waals surface area contributed by atoms with E-state index in [1.54, 1.807) is 54.6 Å². The topological polar surface area (TPSA) is 66.8 Å². The van der Waals surface area contributed by atoms with Crippen molar-refractivity contribution in [1.82, 2.24) is 0 Å². The average Bonchev–Trinajstić information content (AvgIpc) is 3.06. The molecule has 1 aliphatic rings. The summed E-state index contributed by atoms with van der Waals surface area (Å²) in [6.45, 7) is 4.17. The van der Waals surface area contributed by atoms with Crippen LogP contribution in [0.2, 0.25) is 0 Å². The third kappa shape index (κ3) is 3.64. The maximum atomic E-state index is 14.9. The summed E-state index contributed by atoms with van der Waals surface area (Å²) < 4.78 is 20.4. The van der Waals surface area contributed by atoms with E-state index in [4.69, 9.17) is 4.74 Å². The summed E-state index contributed by atoms with van der Waals surface area (Å²) >= 11 is 0. The Morgan fingerprint density at radius 1 is 1.03 bits per heavy atom. The van der Waals surface area contributed by atoms with Crippen LogP contribution in [0.25, 0.3) is 5.76 Å². The van der Waals surface area contributed by atoms with E-state index >= 15 is 0 Å². The van der Waals surface area contributed by atoms with Gasteiger partial charge >= 0.3 is 0 Å². The first-order valence-electron chi connectivity index (χ1n) is 10.3. The lowest BCUT2D eigenvalue weighted by Gasteiger charge is -2.25. The summed E-state index contributed by atoms with van der Waals surface area (Å²) in [7, 11) is 0. The molecule has 0 aliphatic carbocycles. The van der Waals surface area contributed by atoms with E-state index in [0.29, 0.717) is 23.6 Å². The third-order valence-corrected chi connectivity index (χ3v) is 5.43. The van der Waals surface area contributed by atoms with Crippen molar-refractivity contribution in [3.8, 4) is 5.75 Å². The highest BCUT2D eigenvalue weighted by atomic mass is 19.1. The van der Waals surface area contributed by atoms with Gasteiger partial charge in [0, 0.05) is 16.8 Å². The quantitative estimate of drug-likeness (QED) is 0.344. The van der Waals surface area contributed by atoms with E-state index in [1.165, 1.54) is 23.1 Å². The number of aliphatic hydroxyl groups excluding tert-OH is 1. The highest BCUT2D eigenvalue weighted by Crippen LogP contribution is 2.43. The second-order valence-corrected chi connectivity index (χ2v) is 7.44. The molecule has 1 heterocycles. The van der Waals surface area contributed by atoms with Gasteiger partial charge in [0.1, 0.15) is 17.3 Å². The first-order valence-corrected chi connectivity index (χ1v) is 10.3. The van der Waals surface area contributed by atoms with Gasteiger partial charge in [0.25, 0.3) is 11.7 Å². The second kappa shape index (κ2) is 8.67. The number of carbonyl (C=O) groups excluding carboxylic acids is 2. The zero-order chi connectivity index (χ0) is 22.8. The van der Waals surface area contributed by atoms with Gasteiger partial charge in [-0.2, -0.15) is 0 Å². The number of halogens is 1. The molecule has 1 saturated heterocycles. The minimum atomic E-state index is -1.11. The molecule has 6 heteroatoms. The molecule has 3 aromatic carbocycles. The molecule has 1 atom stereocenters.